The van der Waals surface area contributed by atoms with Crippen molar-refractivity contribution >= 4 is 35.5 Å². The molecule has 158 valence electrons. The van der Waals surface area contributed by atoms with Gasteiger partial charge in [0.25, 0.3) is 17.6 Å². The summed E-state index contributed by atoms with van der Waals surface area (Å²) in [7, 11) is 0. The van der Waals surface area contributed by atoms with E-state index in [9.17, 15) is 9.59 Å². The van der Waals surface area contributed by atoms with Crippen LogP contribution < -0.4 is 0 Å². The summed E-state index contributed by atoms with van der Waals surface area (Å²) in [4.78, 5) is 29.4. The van der Waals surface area contributed by atoms with Gasteiger partial charge in [0.1, 0.15) is 0 Å². The number of aromatic nitrogens is 4. The second kappa shape index (κ2) is 10.5. The summed E-state index contributed by atoms with van der Waals surface area (Å²) in [6.45, 7) is 1.97. The Hall–Kier alpha value is -3.56. The quantitative estimate of drug-likeness (QED) is 0.306. The highest BCUT2D eigenvalue weighted by atomic mass is 35.5. The zero-order chi connectivity index (χ0) is 22.2. The third-order valence-corrected chi connectivity index (χ3v) is 4.04. The monoisotopic (exact) mass is 460 g/mol. The van der Waals surface area contributed by atoms with Crippen molar-refractivity contribution in [3.63, 3.8) is 0 Å². The number of hydrogen-bond acceptors (Lipinski definition) is 9. The van der Waals surface area contributed by atoms with E-state index in [-0.39, 0.29) is 30.0 Å². The van der Waals surface area contributed by atoms with Gasteiger partial charge in [-0.15, -0.1) is 0 Å². The minimum absolute atomic E-state index is 0.0278. The third-order valence-electron chi connectivity index (χ3n) is 3.57. The van der Waals surface area contributed by atoms with Gasteiger partial charge in [0.05, 0.1) is 6.61 Å². The highest BCUT2D eigenvalue weighted by molar-refractivity contribution is 6.31. The molecular formula is C20H14Cl2N4O5. The first-order valence-electron chi connectivity index (χ1n) is 8.81. The Kier molecular flexibility index (Phi) is 7.47. The zero-order valence-corrected chi connectivity index (χ0v) is 17.5. The van der Waals surface area contributed by atoms with Crippen LogP contribution in [0.2, 0.25) is 10.0 Å². The van der Waals surface area contributed by atoms with Crippen LogP contribution in [0.3, 0.4) is 0 Å². The van der Waals surface area contributed by atoms with Gasteiger partial charge in [0.15, 0.2) is 6.29 Å². The number of halogens is 2. The molecule has 0 aliphatic heterocycles. The van der Waals surface area contributed by atoms with Crippen LogP contribution in [0.1, 0.15) is 28.2 Å². The first kappa shape index (κ1) is 22.1. The maximum absolute atomic E-state index is 11.3. The van der Waals surface area contributed by atoms with E-state index < -0.39 is 5.97 Å². The Balaban J connectivity index is 0.000000179. The maximum atomic E-state index is 11.3. The van der Waals surface area contributed by atoms with E-state index in [2.05, 4.69) is 20.3 Å². The van der Waals surface area contributed by atoms with E-state index in [0.717, 1.165) is 0 Å². The molecule has 0 bridgehead atoms. The van der Waals surface area contributed by atoms with Crippen molar-refractivity contribution in [1.82, 2.24) is 20.3 Å². The number of hydrogen-bond donors (Lipinski definition) is 0. The molecule has 0 aliphatic rings. The molecule has 0 radical (unpaired) electrons. The molecule has 0 spiro atoms. The molecule has 31 heavy (non-hydrogen) atoms. The number of esters is 1. The minimum Gasteiger partial charge on any atom is -0.460 e. The van der Waals surface area contributed by atoms with Crippen LogP contribution in [0.25, 0.3) is 22.9 Å². The van der Waals surface area contributed by atoms with Crippen molar-refractivity contribution in [2.24, 2.45) is 0 Å². The van der Waals surface area contributed by atoms with E-state index in [0.29, 0.717) is 27.5 Å². The van der Waals surface area contributed by atoms with Crippen LogP contribution in [0.15, 0.2) is 57.6 Å². The van der Waals surface area contributed by atoms with Crippen molar-refractivity contribution in [2.75, 3.05) is 6.61 Å². The van der Waals surface area contributed by atoms with Crippen LogP contribution >= 0.6 is 23.2 Å². The molecule has 2 aromatic carbocycles. The Labute approximate surface area is 185 Å². The molecule has 0 fully saturated rings. The minimum atomic E-state index is -0.607. The van der Waals surface area contributed by atoms with Gasteiger partial charge in [-0.25, -0.2) is 4.79 Å². The molecule has 0 atom stereocenters. The van der Waals surface area contributed by atoms with Gasteiger partial charge in [-0.3, -0.25) is 4.79 Å². The number of carbonyl (C=O) groups excluding carboxylic acids is 2. The van der Waals surface area contributed by atoms with Crippen molar-refractivity contribution in [2.45, 2.75) is 6.92 Å². The number of rotatable bonds is 5. The Morgan fingerprint density at radius 3 is 2.06 bits per heavy atom. The number of benzene rings is 2. The number of nitrogens with zero attached hydrogens (tertiary/aromatic N) is 4. The number of ether oxygens (including phenoxy) is 1. The molecule has 0 N–H and O–H groups in total. The lowest BCUT2D eigenvalue weighted by Gasteiger charge is -1.94. The summed E-state index contributed by atoms with van der Waals surface area (Å²) < 4.78 is 14.5. The molecule has 0 saturated carbocycles. The van der Waals surface area contributed by atoms with Gasteiger partial charge in [0, 0.05) is 21.2 Å². The third kappa shape index (κ3) is 5.97. The van der Waals surface area contributed by atoms with Crippen LogP contribution in [-0.2, 0) is 4.74 Å². The average Bonchev–Trinajstić information content (AvgIpc) is 3.44. The zero-order valence-electron chi connectivity index (χ0n) is 16.0. The highest BCUT2D eigenvalue weighted by Gasteiger charge is 2.16. The average molecular weight is 461 g/mol. The van der Waals surface area contributed by atoms with Crippen molar-refractivity contribution in [3.8, 4) is 22.9 Å². The van der Waals surface area contributed by atoms with Gasteiger partial charge >= 0.3 is 5.97 Å². The molecule has 11 heteroatoms. The summed E-state index contributed by atoms with van der Waals surface area (Å²) in [6.07, 6.45) is 0.525. The molecule has 0 unspecified atom stereocenters. The molecule has 2 aromatic heterocycles. The normalized spacial score (nSPS) is 10.2. The van der Waals surface area contributed by atoms with Gasteiger partial charge in [-0.2, -0.15) is 9.97 Å². The largest absolute Gasteiger partial charge is 0.460 e. The molecule has 0 amide bonds. The van der Waals surface area contributed by atoms with Crippen LogP contribution in [0, 0.1) is 0 Å². The van der Waals surface area contributed by atoms with E-state index in [4.69, 9.17) is 37.0 Å². The lowest BCUT2D eigenvalue weighted by atomic mass is 10.2. The van der Waals surface area contributed by atoms with E-state index in [1.807, 2.05) is 0 Å². The summed E-state index contributed by atoms with van der Waals surface area (Å²) in [5.74, 6) is -0.156. The summed E-state index contributed by atoms with van der Waals surface area (Å²) in [6, 6.07) is 13.9. The highest BCUT2D eigenvalue weighted by Crippen LogP contribution is 2.21. The van der Waals surface area contributed by atoms with Crippen LogP contribution in [0.5, 0.6) is 0 Å². The Bertz CT molecular complexity index is 1190. The lowest BCUT2D eigenvalue weighted by molar-refractivity contribution is 0.0508. The van der Waals surface area contributed by atoms with Gasteiger partial charge < -0.3 is 13.8 Å². The van der Waals surface area contributed by atoms with Gasteiger partial charge in [-0.05, 0) is 48.5 Å². The predicted octanol–water partition coefficient (Wildman–Crippen LogP) is 4.77. The molecule has 9 nitrogen and oxygen atoms in total. The molecule has 0 saturated heterocycles. The first-order chi connectivity index (χ1) is 15.0. The lowest BCUT2D eigenvalue weighted by Crippen LogP contribution is -2.06. The van der Waals surface area contributed by atoms with E-state index >= 15 is 0 Å². The number of aldehydes is 1. The molecule has 2 heterocycles. The summed E-state index contributed by atoms with van der Waals surface area (Å²) in [5, 5.41) is 8.11. The maximum Gasteiger partial charge on any atom is 0.379 e. The van der Waals surface area contributed by atoms with Crippen LogP contribution in [-0.4, -0.2) is 39.1 Å². The second-order valence-corrected chi connectivity index (χ2v) is 6.61. The molecular weight excluding hydrogens is 447 g/mol. The molecule has 4 rings (SSSR count). The fraction of sp³-hybridized carbons (Fsp3) is 0.100. The second-order valence-electron chi connectivity index (χ2n) is 5.74. The Morgan fingerprint density at radius 1 is 0.968 bits per heavy atom. The smallest absolute Gasteiger partial charge is 0.379 e. The number of carbonyl (C=O) groups is 2. The summed E-state index contributed by atoms with van der Waals surface area (Å²) in [5.41, 5.74) is 1.35. The Morgan fingerprint density at radius 2 is 1.55 bits per heavy atom. The van der Waals surface area contributed by atoms with E-state index in [1.54, 1.807) is 55.5 Å². The standard InChI is InChI=1S/C11H9ClN2O3.C9H5ClN2O2/c1-2-16-11(15)9-13-10(17-14-9)7-4-3-5-8(12)6-7;10-7-3-1-2-6(4-7)9-11-8(5-13)12-14-9/h3-6H,2H2,1H3;1-5H. The van der Waals surface area contributed by atoms with Crippen LogP contribution in [0.4, 0.5) is 0 Å². The van der Waals surface area contributed by atoms with Gasteiger partial charge in [0.2, 0.25) is 5.82 Å². The predicted molar refractivity (Wildman–Crippen MR) is 111 cm³/mol. The SMILES string of the molecule is CCOC(=O)c1noc(-c2cccc(Cl)c2)n1.O=Cc1noc(-c2cccc(Cl)c2)n1. The van der Waals surface area contributed by atoms with Gasteiger partial charge in [-0.1, -0.05) is 40.5 Å². The first-order valence-corrected chi connectivity index (χ1v) is 9.57. The van der Waals surface area contributed by atoms with Crippen molar-refractivity contribution in [1.29, 1.82) is 0 Å². The molecule has 4 aromatic rings. The van der Waals surface area contributed by atoms with Crippen molar-refractivity contribution in [3.05, 3.63) is 70.2 Å². The topological polar surface area (TPSA) is 121 Å². The summed E-state index contributed by atoms with van der Waals surface area (Å²) >= 11 is 11.6. The molecule has 0 aliphatic carbocycles. The fourth-order valence-corrected chi connectivity index (χ4v) is 2.64. The van der Waals surface area contributed by atoms with Crippen molar-refractivity contribution < 1.29 is 23.4 Å². The fourth-order valence-electron chi connectivity index (χ4n) is 2.26. The van der Waals surface area contributed by atoms with E-state index in [1.165, 1.54) is 0 Å².